The topological polar surface area (TPSA) is 50.3 Å². The zero-order valence-electron chi connectivity index (χ0n) is 11.2. The van der Waals surface area contributed by atoms with Crippen LogP contribution in [0.1, 0.15) is 19.3 Å². The second-order valence-corrected chi connectivity index (χ2v) is 4.75. The molecule has 1 fully saturated rings. The average molecular weight is 250 g/mol. The van der Waals surface area contributed by atoms with Crippen LogP contribution in [-0.4, -0.2) is 43.8 Å². The standard InChI is InChI=1S/C13H22N4O/c1-14-6-3-11-4-7-17(8-5-11)13-15-9-12(18-2)10-16-13/h9-11,14H,3-8H2,1-2H3. The van der Waals surface area contributed by atoms with Crippen LogP contribution in [0.4, 0.5) is 5.95 Å². The molecule has 0 spiro atoms. The van der Waals surface area contributed by atoms with Gasteiger partial charge in [0.15, 0.2) is 5.75 Å². The molecule has 100 valence electrons. The number of ether oxygens (including phenoxy) is 1. The Morgan fingerprint density at radius 3 is 2.56 bits per heavy atom. The summed E-state index contributed by atoms with van der Waals surface area (Å²) >= 11 is 0. The molecule has 0 bridgehead atoms. The molecule has 0 saturated carbocycles. The van der Waals surface area contributed by atoms with Crippen molar-refractivity contribution < 1.29 is 4.74 Å². The first-order valence-electron chi connectivity index (χ1n) is 6.59. The van der Waals surface area contributed by atoms with E-state index in [1.165, 1.54) is 19.3 Å². The van der Waals surface area contributed by atoms with E-state index >= 15 is 0 Å². The lowest BCUT2D eigenvalue weighted by molar-refractivity contribution is 0.375. The maximum absolute atomic E-state index is 5.07. The van der Waals surface area contributed by atoms with Crippen LogP contribution in [0.25, 0.3) is 0 Å². The third kappa shape index (κ3) is 3.32. The Kier molecular flexibility index (Phi) is 4.75. The highest BCUT2D eigenvalue weighted by Crippen LogP contribution is 2.23. The van der Waals surface area contributed by atoms with Crippen LogP contribution >= 0.6 is 0 Å². The van der Waals surface area contributed by atoms with Crippen molar-refractivity contribution in [3.8, 4) is 5.75 Å². The molecule has 1 saturated heterocycles. The lowest BCUT2D eigenvalue weighted by Crippen LogP contribution is -2.35. The molecule has 2 heterocycles. The fourth-order valence-electron chi connectivity index (χ4n) is 2.35. The fraction of sp³-hybridized carbons (Fsp3) is 0.692. The quantitative estimate of drug-likeness (QED) is 0.854. The highest BCUT2D eigenvalue weighted by Gasteiger charge is 2.20. The summed E-state index contributed by atoms with van der Waals surface area (Å²) in [6.45, 7) is 3.23. The van der Waals surface area contributed by atoms with Crippen molar-refractivity contribution in [3.63, 3.8) is 0 Å². The summed E-state index contributed by atoms with van der Waals surface area (Å²) in [5.74, 6) is 2.37. The van der Waals surface area contributed by atoms with Crippen LogP contribution in [0.5, 0.6) is 5.75 Å². The van der Waals surface area contributed by atoms with E-state index in [-0.39, 0.29) is 0 Å². The molecule has 0 aromatic carbocycles. The largest absolute Gasteiger partial charge is 0.494 e. The van der Waals surface area contributed by atoms with Crippen LogP contribution in [0.15, 0.2) is 12.4 Å². The normalized spacial score (nSPS) is 16.9. The molecule has 1 aliphatic heterocycles. The van der Waals surface area contributed by atoms with Crippen molar-refractivity contribution in [1.82, 2.24) is 15.3 Å². The monoisotopic (exact) mass is 250 g/mol. The molecule has 1 aliphatic rings. The Hall–Kier alpha value is -1.36. The van der Waals surface area contributed by atoms with E-state index in [1.54, 1.807) is 19.5 Å². The predicted molar refractivity (Wildman–Crippen MR) is 72.1 cm³/mol. The molecule has 0 atom stereocenters. The average Bonchev–Trinajstić information content (AvgIpc) is 2.46. The lowest BCUT2D eigenvalue weighted by Gasteiger charge is -2.31. The summed E-state index contributed by atoms with van der Waals surface area (Å²) in [6, 6.07) is 0. The van der Waals surface area contributed by atoms with E-state index in [0.717, 1.165) is 31.5 Å². The SMILES string of the molecule is CNCCC1CCN(c2ncc(OC)cn2)CC1. The van der Waals surface area contributed by atoms with E-state index in [4.69, 9.17) is 4.74 Å². The summed E-state index contributed by atoms with van der Waals surface area (Å²) in [6.07, 6.45) is 7.20. The molecule has 1 N–H and O–H groups in total. The van der Waals surface area contributed by atoms with E-state index < -0.39 is 0 Å². The second kappa shape index (κ2) is 6.54. The van der Waals surface area contributed by atoms with Gasteiger partial charge in [-0.3, -0.25) is 0 Å². The minimum atomic E-state index is 0.711. The zero-order chi connectivity index (χ0) is 12.8. The van der Waals surface area contributed by atoms with Gasteiger partial charge in [-0.1, -0.05) is 0 Å². The summed E-state index contributed by atoms with van der Waals surface area (Å²) < 4.78 is 5.07. The first-order valence-corrected chi connectivity index (χ1v) is 6.59. The molecular formula is C13H22N4O. The van der Waals surface area contributed by atoms with Gasteiger partial charge in [0.1, 0.15) is 0 Å². The van der Waals surface area contributed by atoms with Crippen LogP contribution in [-0.2, 0) is 0 Å². The molecule has 1 aromatic rings. The van der Waals surface area contributed by atoms with Gasteiger partial charge in [0.2, 0.25) is 5.95 Å². The number of piperidine rings is 1. The Morgan fingerprint density at radius 2 is 2.00 bits per heavy atom. The van der Waals surface area contributed by atoms with Crippen molar-refractivity contribution in [2.75, 3.05) is 38.7 Å². The highest BCUT2D eigenvalue weighted by atomic mass is 16.5. The molecule has 5 heteroatoms. The van der Waals surface area contributed by atoms with Gasteiger partial charge in [-0.2, -0.15) is 0 Å². The Bertz CT molecular complexity index is 347. The van der Waals surface area contributed by atoms with Gasteiger partial charge in [0, 0.05) is 13.1 Å². The van der Waals surface area contributed by atoms with Crippen molar-refractivity contribution >= 4 is 5.95 Å². The molecule has 1 aromatic heterocycles. The summed E-state index contributed by atoms with van der Waals surface area (Å²) in [4.78, 5) is 10.9. The molecule has 5 nitrogen and oxygen atoms in total. The van der Waals surface area contributed by atoms with Crippen LogP contribution in [0.3, 0.4) is 0 Å². The van der Waals surface area contributed by atoms with Gasteiger partial charge in [0.25, 0.3) is 0 Å². The molecular weight excluding hydrogens is 228 g/mol. The summed E-state index contributed by atoms with van der Waals surface area (Å²) in [7, 11) is 3.64. The molecule has 0 unspecified atom stereocenters. The molecule has 0 aliphatic carbocycles. The van der Waals surface area contributed by atoms with Crippen molar-refractivity contribution in [1.29, 1.82) is 0 Å². The molecule has 18 heavy (non-hydrogen) atoms. The summed E-state index contributed by atoms with van der Waals surface area (Å²) in [5.41, 5.74) is 0. The van der Waals surface area contributed by atoms with Gasteiger partial charge in [-0.25, -0.2) is 9.97 Å². The Labute approximate surface area is 109 Å². The number of hydrogen-bond acceptors (Lipinski definition) is 5. The number of nitrogens with zero attached hydrogens (tertiary/aromatic N) is 3. The number of aromatic nitrogens is 2. The Morgan fingerprint density at radius 1 is 1.33 bits per heavy atom. The van der Waals surface area contributed by atoms with E-state index in [1.807, 2.05) is 7.05 Å². The maximum Gasteiger partial charge on any atom is 0.225 e. The predicted octanol–water partition coefficient (Wildman–Crippen LogP) is 1.31. The number of anilines is 1. The van der Waals surface area contributed by atoms with Gasteiger partial charge >= 0.3 is 0 Å². The smallest absolute Gasteiger partial charge is 0.225 e. The van der Waals surface area contributed by atoms with E-state index in [2.05, 4.69) is 20.2 Å². The van der Waals surface area contributed by atoms with Crippen molar-refractivity contribution in [2.45, 2.75) is 19.3 Å². The first kappa shape index (κ1) is 13.1. The van der Waals surface area contributed by atoms with Gasteiger partial charge < -0.3 is 15.0 Å². The number of hydrogen-bond donors (Lipinski definition) is 1. The minimum Gasteiger partial charge on any atom is -0.494 e. The lowest BCUT2D eigenvalue weighted by atomic mass is 9.94. The minimum absolute atomic E-state index is 0.711. The van der Waals surface area contributed by atoms with Crippen molar-refractivity contribution in [3.05, 3.63) is 12.4 Å². The van der Waals surface area contributed by atoms with E-state index in [9.17, 15) is 0 Å². The van der Waals surface area contributed by atoms with Crippen molar-refractivity contribution in [2.24, 2.45) is 5.92 Å². The third-order valence-corrected chi connectivity index (χ3v) is 3.55. The third-order valence-electron chi connectivity index (χ3n) is 3.55. The molecule has 2 rings (SSSR count). The van der Waals surface area contributed by atoms with Crippen LogP contribution in [0.2, 0.25) is 0 Å². The molecule has 0 amide bonds. The fourth-order valence-corrected chi connectivity index (χ4v) is 2.35. The summed E-state index contributed by atoms with van der Waals surface area (Å²) in [5, 5.41) is 3.22. The van der Waals surface area contributed by atoms with Gasteiger partial charge in [-0.15, -0.1) is 0 Å². The zero-order valence-corrected chi connectivity index (χ0v) is 11.2. The van der Waals surface area contributed by atoms with Crippen LogP contribution in [0, 0.1) is 5.92 Å². The maximum atomic E-state index is 5.07. The van der Waals surface area contributed by atoms with Gasteiger partial charge in [-0.05, 0) is 38.8 Å². The Balaban J connectivity index is 1.84. The highest BCUT2D eigenvalue weighted by molar-refractivity contribution is 5.31. The van der Waals surface area contributed by atoms with E-state index in [0.29, 0.717) is 5.75 Å². The second-order valence-electron chi connectivity index (χ2n) is 4.75. The number of rotatable bonds is 5. The van der Waals surface area contributed by atoms with Gasteiger partial charge in [0.05, 0.1) is 19.5 Å². The first-order chi connectivity index (χ1) is 8.83. The van der Waals surface area contributed by atoms with Crippen LogP contribution < -0.4 is 15.0 Å². The number of methoxy groups -OCH3 is 1. The number of nitrogens with one attached hydrogen (secondary N) is 1. The molecule has 0 radical (unpaired) electrons.